The molecule has 2 unspecified atom stereocenters. The van der Waals surface area contributed by atoms with Crippen molar-refractivity contribution in [1.82, 2.24) is 0 Å². The lowest BCUT2D eigenvalue weighted by Gasteiger charge is -2.34. The van der Waals surface area contributed by atoms with Gasteiger partial charge in [-0.25, -0.2) is 0 Å². The van der Waals surface area contributed by atoms with Crippen LogP contribution in [0.25, 0.3) is 5.57 Å². The highest BCUT2D eigenvalue weighted by Crippen LogP contribution is 2.54. The first-order valence-corrected chi connectivity index (χ1v) is 13.5. The zero-order chi connectivity index (χ0) is 25.0. The van der Waals surface area contributed by atoms with Crippen LogP contribution in [0, 0.1) is 5.92 Å². The van der Waals surface area contributed by atoms with Gasteiger partial charge in [0.2, 0.25) is 0 Å². The molecule has 2 atom stereocenters. The molecule has 3 aromatic carbocycles. The van der Waals surface area contributed by atoms with Crippen LogP contribution in [-0.2, 0) is 5.41 Å². The van der Waals surface area contributed by atoms with Gasteiger partial charge in [0.25, 0.3) is 0 Å². The van der Waals surface area contributed by atoms with Gasteiger partial charge in [-0.1, -0.05) is 122 Å². The summed E-state index contributed by atoms with van der Waals surface area (Å²) in [5.74, 6) is 0.0767. The van der Waals surface area contributed by atoms with Gasteiger partial charge in [-0.05, 0) is 60.4 Å². The number of hydrogen-bond acceptors (Lipinski definition) is 2. The van der Waals surface area contributed by atoms with Crippen molar-refractivity contribution in [3.8, 4) is 0 Å². The third-order valence-corrected chi connectivity index (χ3v) is 8.57. The van der Waals surface area contributed by atoms with Crippen LogP contribution in [0.15, 0.2) is 109 Å². The molecule has 0 spiro atoms. The Labute approximate surface area is 216 Å². The molecule has 2 heteroatoms. The van der Waals surface area contributed by atoms with E-state index in [2.05, 4.69) is 91.9 Å². The van der Waals surface area contributed by atoms with E-state index in [1.165, 1.54) is 6.42 Å². The highest BCUT2D eigenvalue weighted by Gasteiger charge is 2.52. The average Bonchev–Trinajstić information content (AvgIpc) is 3.22. The molecule has 5 rings (SSSR count). The molecular weight excluding hydrogens is 440 g/mol. The summed E-state index contributed by atoms with van der Waals surface area (Å²) in [4.78, 5) is 0. The van der Waals surface area contributed by atoms with E-state index < -0.39 is 17.1 Å². The molecule has 36 heavy (non-hydrogen) atoms. The van der Waals surface area contributed by atoms with Crippen LogP contribution in [-0.4, -0.2) is 21.9 Å². The Hall–Kier alpha value is -2.94. The lowest BCUT2D eigenvalue weighted by Crippen LogP contribution is -2.36. The van der Waals surface area contributed by atoms with Gasteiger partial charge in [-0.3, -0.25) is 0 Å². The molecule has 0 bridgehead atoms. The Bertz CT molecular complexity index is 1150. The third-order valence-electron chi connectivity index (χ3n) is 8.57. The SMILES string of the molecule is C/C(=C1\C(/C=C/CC2(O)CCCCC2)CC(c2ccccc2)(c2ccccc2)C1O)c1ccccc1. The van der Waals surface area contributed by atoms with Gasteiger partial charge < -0.3 is 10.2 Å². The first-order valence-electron chi connectivity index (χ1n) is 13.5. The smallest absolute Gasteiger partial charge is 0.0899 e. The zero-order valence-corrected chi connectivity index (χ0v) is 21.3. The Morgan fingerprint density at radius 3 is 1.89 bits per heavy atom. The molecule has 0 aliphatic heterocycles. The first-order chi connectivity index (χ1) is 17.5. The molecule has 2 fully saturated rings. The van der Waals surface area contributed by atoms with Gasteiger partial charge in [-0.2, -0.15) is 0 Å². The Kier molecular flexibility index (Phi) is 7.27. The quantitative estimate of drug-likeness (QED) is 0.361. The Morgan fingerprint density at radius 1 is 0.806 bits per heavy atom. The van der Waals surface area contributed by atoms with Crippen LogP contribution in [0.3, 0.4) is 0 Å². The molecule has 0 heterocycles. The monoisotopic (exact) mass is 478 g/mol. The van der Waals surface area contributed by atoms with Crippen LogP contribution in [0.1, 0.15) is 68.6 Å². The fourth-order valence-electron chi connectivity index (χ4n) is 6.60. The third kappa shape index (κ3) is 4.73. The normalized spacial score (nSPS) is 24.6. The molecule has 0 aromatic heterocycles. The Balaban J connectivity index is 1.61. The van der Waals surface area contributed by atoms with Crippen molar-refractivity contribution in [1.29, 1.82) is 0 Å². The number of benzene rings is 3. The van der Waals surface area contributed by atoms with Crippen molar-refractivity contribution in [3.05, 3.63) is 125 Å². The van der Waals surface area contributed by atoms with Gasteiger partial charge in [-0.15, -0.1) is 0 Å². The van der Waals surface area contributed by atoms with E-state index in [0.717, 1.165) is 59.9 Å². The number of hydrogen-bond donors (Lipinski definition) is 2. The summed E-state index contributed by atoms with van der Waals surface area (Å²) in [7, 11) is 0. The minimum atomic E-state index is -0.657. The maximum absolute atomic E-state index is 12.3. The van der Waals surface area contributed by atoms with Crippen molar-refractivity contribution in [2.75, 3.05) is 0 Å². The number of allylic oxidation sites excluding steroid dienone is 2. The second-order valence-corrected chi connectivity index (χ2v) is 10.8. The molecule has 2 nitrogen and oxygen atoms in total. The molecule has 186 valence electrons. The molecule has 0 amide bonds. The van der Waals surface area contributed by atoms with Gasteiger partial charge in [0.1, 0.15) is 0 Å². The maximum atomic E-state index is 12.3. The van der Waals surface area contributed by atoms with Crippen LogP contribution in [0.4, 0.5) is 0 Å². The second-order valence-electron chi connectivity index (χ2n) is 10.8. The van der Waals surface area contributed by atoms with Crippen LogP contribution < -0.4 is 0 Å². The summed E-state index contributed by atoms with van der Waals surface area (Å²) in [6.07, 6.45) is 10.5. The average molecular weight is 479 g/mol. The van der Waals surface area contributed by atoms with E-state index in [1.54, 1.807) is 0 Å². The highest BCUT2D eigenvalue weighted by molar-refractivity contribution is 5.71. The van der Waals surface area contributed by atoms with Crippen LogP contribution in [0.5, 0.6) is 0 Å². The fourth-order valence-corrected chi connectivity index (χ4v) is 6.60. The number of aliphatic hydroxyl groups is 2. The van der Waals surface area contributed by atoms with Gasteiger partial charge in [0, 0.05) is 5.92 Å². The number of rotatable bonds is 6. The lowest BCUT2D eigenvalue weighted by molar-refractivity contribution is 0.00687. The summed E-state index contributed by atoms with van der Waals surface area (Å²) < 4.78 is 0. The minimum Gasteiger partial charge on any atom is -0.390 e. The summed E-state index contributed by atoms with van der Waals surface area (Å²) in [5, 5.41) is 23.4. The summed E-state index contributed by atoms with van der Waals surface area (Å²) in [5.41, 5.74) is 4.54. The van der Waals surface area contributed by atoms with Crippen molar-refractivity contribution in [2.24, 2.45) is 5.92 Å². The van der Waals surface area contributed by atoms with E-state index in [9.17, 15) is 10.2 Å². The van der Waals surface area contributed by atoms with Crippen molar-refractivity contribution in [3.63, 3.8) is 0 Å². The Morgan fingerprint density at radius 2 is 1.33 bits per heavy atom. The first kappa shape index (κ1) is 24.7. The molecule has 0 saturated heterocycles. The minimum absolute atomic E-state index is 0.0767. The van der Waals surface area contributed by atoms with E-state index in [-0.39, 0.29) is 5.92 Å². The lowest BCUT2D eigenvalue weighted by atomic mass is 9.71. The maximum Gasteiger partial charge on any atom is 0.0899 e. The van der Waals surface area contributed by atoms with E-state index in [0.29, 0.717) is 6.42 Å². The van der Waals surface area contributed by atoms with Crippen molar-refractivity contribution >= 4 is 5.57 Å². The van der Waals surface area contributed by atoms with Gasteiger partial charge in [0.05, 0.1) is 17.1 Å². The molecule has 2 N–H and O–H groups in total. The summed E-state index contributed by atoms with van der Waals surface area (Å²) in [6.45, 7) is 2.15. The largest absolute Gasteiger partial charge is 0.390 e. The van der Waals surface area contributed by atoms with Crippen LogP contribution in [0.2, 0.25) is 0 Å². The van der Waals surface area contributed by atoms with Gasteiger partial charge in [0.15, 0.2) is 0 Å². The molecule has 2 aliphatic carbocycles. The predicted octanol–water partition coefficient (Wildman–Crippen LogP) is 7.47. The van der Waals surface area contributed by atoms with Crippen LogP contribution >= 0.6 is 0 Å². The second kappa shape index (κ2) is 10.6. The van der Waals surface area contributed by atoms with Crippen molar-refractivity contribution in [2.45, 2.75) is 69.0 Å². The topological polar surface area (TPSA) is 40.5 Å². The molecule has 3 aromatic rings. The molecule has 2 aliphatic rings. The molecular formula is C34H38O2. The zero-order valence-electron chi connectivity index (χ0n) is 21.3. The molecule has 0 radical (unpaired) electrons. The standard InChI is InChI=1S/C34H38O2/c1-26(27-15-6-2-7-16-27)31-28(17-14-24-33(36)22-12-5-13-23-33)25-34(32(31)35,29-18-8-3-9-19-29)30-20-10-4-11-21-30/h2-4,6-11,14-21,28,32,35-36H,5,12-13,22-25H2,1H3/b17-14+,31-26-. The van der Waals surface area contributed by atoms with Gasteiger partial charge >= 0.3 is 0 Å². The number of aliphatic hydroxyl groups excluding tert-OH is 1. The highest BCUT2D eigenvalue weighted by atomic mass is 16.3. The van der Waals surface area contributed by atoms with E-state index in [1.807, 2.05) is 18.2 Å². The predicted molar refractivity (Wildman–Crippen MR) is 149 cm³/mol. The van der Waals surface area contributed by atoms with E-state index >= 15 is 0 Å². The summed E-state index contributed by atoms with van der Waals surface area (Å²) in [6, 6.07) is 31.4. The summed E-state index contributed by atoms with van der Waals surface area (Å²) >= 11 is 0. The van der Waals surface area contributed by atoms with Crippen molar-refractivity contribution < 1.29 is 10.2 Å². The fraction of sp³-hybridized carbons (Fsp3) is 0.353. The van der Waals surface area contributed by atoms with E-state index in [4.69, 9.17) is 0 Å². The molecule has 2 saturated carbocycles.